The van der Waals surface area contributed by atoms with Gasteiger partial charge in [0.25, 0.3) is 0 Å². The molecular weight excluding hydrogens is 232 g/mol. The largest absolute Gasteiger partial charge is 0.461 e. The summed E-state index contributed by atoms with van der Waals surface area (Å²) < 4.78 is 10.6. The summed E-state index contributed by atoms with van der Waals surface area (Å²) in [5.41, 5.74) is -0.461. The molecule has 1 aliphatic carbocycles. The summed E-state index contributed by atoms with van der Waals surface area (Å²) in [5, 5.41) is 0. The maximum Gasteiger partial charge on any atom is 0.311 e. The number of ether oxygens (including phenoxy) is 2. The molecule has 4 nitrogen and oxygen atoms in total. The van der Waals surface area contributed by atoms with Crippen LogP contribution in [0.2, 0.25) is 0 Å². The molecule has 0 aromatic heterocycles. The first kappa shape index (κ1) is 13.4. The van der Waals surface area contributed by atoms with E-state index >= 15 is 0 Å². The minimum absolute atomic E-state index is 0.0490. The molecule has 1 saturated heterocycles. The van der Waals surface area contributed by atoms with Gasteiger partial charge in [-0.15, -0.1) is 0 Å². The van der Waals surface area contributed by atoms with Crippen molar-refractivity contribution < 1.29 is 19.1 Å². The van der Waals surface area contributed by atoms with Crippen LogP contribution in [0.25, 0.3) is 0 Å². The third-order valence-corrected chi connectivity index (χ3v) is 4.43. The van der Waals surface area contributed by atoms with E-state index in [4.69, 9.17) is 9.47 Å². The fraction of sp³-hybridized carbons (Fsp3) is 0.857. The normalized spacial score (nSPS) is 31.1. The van der Waals surface area contributed by atoms with Crippen molar-refractivity contribution >= 4 is 11.9 Å². The molecule has 2 rings (SSSR count). The molecule has 0 amide bonds. The summed E-state index contributed by atoms with van der Waals surface area (Å²) in [4.78, 5) is 23.5. The molecule has 3 atom stereocenters. The van der Waals surface area contributed by atoms with Crippen LogP contribution < -0.4 is 0 Å². The average molecular weight is 254 g/mol. The monoisotopic (exact) mass is 254 g/mol. The fourth-order valence-electron chi connectivity index (χ4n) is 2.71. The van der Waals surface area contributed by atoms with E-state index in [1.807, 2.05) is 20.8 Å². The Kier molecular flexibility index (Phi) is 3.64. The molecule has 1 saturated carbocycles. The van der Waals surface area contributed by atoms with Gasteiger partial charge in [0.05, 0.1) is 11.3 Å². The molecule has 0 aromatic rings. The molecule has 2 unspecified atom stereocenters. The number of rotatable bonds is 4. The first-order chi connectivity index (χ1) is 8.45. The van der Waals surface area contributed by atoms with E-state index in [9.17, 15) is 9.59 Å². The minimum atomic E-state index is -0.461. The molecule has 102 valence electrons. The van der Waals surface area contributed by atoms with Gasteiger partial charge in [0.2, 0.25) is 0 Å². The molecule has 0 N–H and O–H groups in total. The Morgan fingerprint density at radius 1 is 1.44 bits per heavy atom. The highest BCUT2D eigenvalue weighted by molar-refractivity contribution is 5.77. The molecular formula is C14H22O4. The highest BCUT2D eigenvalue weighted by atomic mass is 16.6. The molecule has 18 heavy (non-hydrogen) atoms. The van der Waals surface area contributed by atoms with Crippen LogP contribution in [0.5, 0.6) is 0 Å². The van der Waals surface area contributed by atoms with E-state index in [2.05, 4.69) is 0 Å². The first-order valence-electron chi connectivity index (χ1n) is 6.83. The summed E-state index contributed by atoms with van der Waals surface area (Å²) in [6.45, 7) is 5.92. The van der Waals surface area contributed by atoms with Crippen molar-refractivity contribution in [2.24, 2.45) is 17.3 Å². The Morgan fingerprint density at radius 2 is 2.17 bits per heavy atom. The highest BCUT2D eigenvalue weighted by Crippen LogP contribution is 2.41. The predicted molar refractivity (Wildman–Crippen MR) is 65.7 cm³/mol. The highest BCUT2D eigenvalue weighted by Gasteiger charge is 2.47. The van der Waals surface area contributed by atoms with Crippen molar-refractivity contribution in [3.05, 3.63) is 0 Å². The number of esters is 2. The Bertz CT molecular complexity index is 348. The number of cyclic esters (lactones) is 1. The average Bonchev–Trinajstić information content (AvgIpc) is 2.91. The van der Waals surface area contributed by atoms with Crippen LogP contribution in [-0.4, -0.2) is 24.6 Å². The molecule has 0 radical (unpaired) electrons. The van der Waals surface area contributed by atoms with Crippen molar-refractivity contribution in [3.63, 3.8) is 0 Å². The van der Waals surface area contributed by atoms with Crippen molar-refractivity contribution in [1.29, 1.82) is 0 Å². The van der Waals surface area contributed by atoms with E-state index in [0.717, 1.165) is 25.7 Å². The van der Waals surface area contributed by atoms with E-state index in [1.165, 1.54) is 0 Å². The van der Waals surface area contributed by atoms with Gasteiger partial charge in [-0.2, -0.15) is 0 Å². The van der Waals surface area contributed by atoms with Gasteiger partial charge in [-0.3, -0.25) is 9.59 Å². The topological polar surface area (TPSA) is 52.6 Å². The lowest BCUT2D eigenvalue weighted by Crippen LogP contribution is -2.31. The quantitative estimate of drug-likeness (QED) is 0.722. The summed E-state index contributed by atoms with van der Waals surface area (Å²) in [6, 6.07) is 0. The van der Waals surface area contributed by atoms with Crippen LogP contribution >= 0.6 is 0 Å². The van der Waals surface area contributed by atoms with Gasteiger partial charge < -0.3 is 9.47 Å². The number of carbonyl (C=O) groups is 2. The summed E-state index contributed by atoms with van der Waals surface area (Å²) in [5.74, 6) is -0.00118. The smallest absolute Gasteiger partial charge is 0.311 e. The summed E-state index contributed by atoms with van der Waals surface area (Å²) in [6.07, 6.45) is 3.53. The summed E-state index contributed by atoms with van der Waals surface area (Å²) >= 11 is 0. The van der Waals surface area contributed by atoms with E-state index < -0.39 is 5.41 Å². The van der Waals surface area contributed by atoms with Crippen molar-refractivity contribution in [1.82, 2.24) is 0 Å². The molecule has 2 aliphatic rings. The van der Waals surface area contributed by atoms with E-state index in [1.54, 1.807) is 0 Å². The van der Waals surface area contributed by atoms with Crippen LogP contribution in [0.3, 0.4) is 0 Å². The van der Waals surface area contributed by atoms with Crippen LogP contribution in [0.1, 0.15) is 46.5 Å². The van der Waals surface area contributed by atoms with Crippen molar-refractivity contribution in [2.45, 2.75) is 52.6 Å². The van der Waals surface area contributed by atoms with Crippen molar-refractivity contribution in [2.75, 3.05) is 6.61 Å². The molecule has 4 heteroatoms. The van der Waals surface area contributed by atoms with Gasteiger partial charge in [-0.1, -0.05) is 13.3 Å². The zero-order valence-electron chi connectivity index (χ0n) is 11.4. The van der Waals surface area contributed by atoms with Gasteiger partial charge in [-0.05, 0) is 33.1 Å². The lowest BCUT2D eigenvalue weighted by molar-refractivity contribution is -0.161. The van der Waals surface area contributed by atoms with Gasteiger partial charge in [0.1, 0.15) is 12.7 Å². The molecule has 1 aliphatic heterocycles. The van der Waals surface area contributed by atoms with Crippen LogP contribution in [0, 0.1) is 17.3 Å². The van der Waals surface area contributed by atoms with Crippen molar-refractivity contribution in [3.8, 4) is 0 Å². The first-order valence-corrected chi connectivity index (χ1v) is 6.83. The number of hydrogen-bond acceptors (Lipinski definition) is 4. The lowest BCUT2D eigenvalue weighted by atomic mass is 9.90. The lowest BCUT2D eigenvalue weighted by Gasteiger charge is -2.22. The second-order valence-electron chi connectivity index (χ2n) is 6.01. The van der Waals surface area contributed by atoms with Crippen LogP contribution in [0.4, 0.5) is 0 Å². The Morgan fingerprint density at radius 3 is 2.83 bits per heavy atom. The van der Waals surface area contributed by atoms with E-state index in [-0.39, 0.29) is 36.5 Å². The Balaban J connectivity index is 1.88. The van der Waals surface area contributed by atoms with Crippen LogP contribution in [-0.2, 0) is 19.1 Å². The third-order valence-electron chi connectivity index (χ3n) is 4.43. The van der Waals surface area contributed by atoms with Gasteiger partial charge in [0.15, 0.2) is 0 Å². The number of fused-ring (bicyclic) bond motifs is 1. The second-order valence-corrected chi connectivity index (χ2v) is 6.01. The standard InChI is InChI=1S/C14H22O4/c1-4-14(2,3)13(16)17-8-11-9-6-5-7-10(9)12(15)18-11/h9-11H,4-8H2,1-3H3/t9?,10?,11-/m0/s1. The molecule has 0 spiro atoms. The predicted octanol–water partition coefficient (Wildman–Crippen LogP) is 2.31. The molecule has 0 aromatic carbocycles. The number of carbonyl (C=O) groups excluding carboxylic acids is 2. The summed E-state index contributed by atoms with van der Waals surface area (Å²) in [7, 11) is 0. The van der Waals surface area contributed by atoms with Crippen LogP contribution in [0.15, 0.2) is 0 Å². The second kappa shape index (κ2) is 4.90. The van der Waals surface area contributed by atoms with Gasteiger partial charge in [-0.25, -0.2) is 0 Å². The minimum Gasteiger partial charge on any atom is -0.461 e. The number of hydrogen-bond donors (Lipinski definition) is 0. The van der Waals surface area contributed by atoms with Gasteiger partial charge >= 0.3 is 11.9 Å². The molecule has 0 bridgehead atoms. The van der Waals surface area contributed by atoms with E-state index in [0.29, 0.717) is 0 Å². The molecule has 1 heterocycles. The van der Waals surface area contributed by atoms with Gasteiger partial charge in [0, 0.05) is 5.92 Å². The Hall–Kier alpha value is -1.06. The maximum absolute atomic E-state index is 11.9. The third kappa shape index (κ3) is 2.38. The maximum atomic E-state index is 11.9. The SMILES string of the molecule is CCC(C)(C)C(=O)OC[C@@H]1OC(=O)C2CCCC21. The Labute approximate surface area is 108 Å². The zero-order valence-corrected chi connectivity index (χ0v) is 11.4. The fourth-order valence-corrected chi connectivity index (χ4v) is 2.71. The zero-order chi connectivity index (χ0) is 13.3. The molecule has 2 fully saturated rings.